The molecule has 0 aliphatic carbocycles. The molecule has 0 atom stereocenters. The summed E-state index contributed by atoms with van der Waals surface area (Å²) < 4.78 is 78.1. The molecule has 0 unspecified atom stereocenters. The first-order valence-electron chi connectivity index (χ1n) is 7.01. The van der Waals surface area contributed by atoms with Crippen LogP contribution in [0.25, 0.3) is 0 Å². The highest BCUT2D eigenvalue weighted by molar-refractivity contribution is 5.23. The van der Waals surface area contributed by atoms with Gasteiger partial charge in [-0.3, -0.25) is 0 Å². The van der Waals surface area contributed by atoms with E-state index in [1.54, 1.807) is 13.8 Å². The lowest BCUT2D eigenvalue weighted by atomic mass is 10.1. The average molecular weight is 318 g/mol. The maximum atomic E-state index is 13.0. The van der Waals surface area contributed by atoms with Gasteiger partial charge in [0.15, 0.2) is 5.57 Å². The number of piperidine rings is 1. The topological polar surface area (TPSA) is 6.48 Å². The first kappa shape index (κ1) is 18.0. The van der Waals surface area contributed by atoms with Gasteiger partial charge in [-0.15, -0.1) is 0 Å². The molecule has 1 aliphatic rings. The highest BCUT2D eigenvalue weighted by atomic mass is 19.4. The van der Waals surface area contributed by atoms with Crippen molar-refractivity contribution in [2.75, 3.05) is 26.2 Å². The second-order valence-electron chi connectivity index (χ2n) is 4.91. The van der Waals surface area contributed by atoms with Crippen LogP contribution in [0, 0.1) is 0 Å². The lowest BCUT2D eigenvalue weighted by Crippen LogP contribution is -2.44. The minimum absolute atomic E-state index is 0.0952. The van der Waals surface area contributed by atoms with Crippen LogP contribution in [-0.4, -0.2) is 48.3 Å². The smallest absolute Gasteiger partial charge is 0.358 e. The lowest BCUT2D eigenvalue weighted by Gasteiger charge is -2.39. The molecule has 1 fully saturated rings. The SMILES string of the molecule is CCN(CC)C(=C(C(F)(F)F)C(F)(F)F)N1CCCCC1. The predicted octanol–water partition coefficient (Wildman–Crippen LogP) is 4.15. The summed E-state index contributed by atoms with van der Waals surface area (Å²) in [6.07, 6.45) is -8.81. The third kappa shape index (κ3) is 4.44. The number of hydrogen-bond donors (Lipinski definition) is 0. The van der Waals surface area contributed by atoms with Crippen molar-refractivity contribution >= 4 is 0 Å². The van der Waals surface area contributed by atoms with Crippen molar-refractivity contribution in [3.05, 3.63) is 11.4 Å². The Labute approximate surface area is 120 Å². The summed E-state index contributed by atoms with van der Waals surface area (Å²) in [6, 6.07) is 0. The molecule has 1 saturated heterocycles. The van der Waals surface area contributed by atoms with Gasteiger partial charge in [0, 0.05) is 26.2 Å². The summed E-state index contributed by atoms with van der Waals surface area (Å²) in [5.41, 5.74) is -2.39. The summed E-state index contributed by atoms with van der Waals surface area (Å²) in [5, 5.41) is 0. The van der Waals surface area contributed by atoms with Gasteiger partial charge in [0.1, 0.15) is 5.82 Å². The molecule has 124 valence electrons. The van der Waals surface area contributed by atoms with Crippen molar-refractivity contribution in [3.8, 4) is 0 Å². The van der Waals surface area contributed by atoms with Gasteiger partial charge in [0.25, 0.3) is 0 Å². The van der Waals surface area contributed by atoms with Gasteiger partial charge in [-0.25, -0.2) is 0 Å². The van der Waals surface area contributed by atoms with Crippen molar-refractivity contribution in [1.82, 2.24) is 9.80 Å². The van der Waals surface area contributed by atoms with Crippen LogP contribution in [-0.2, 0) is 0 Å². The summed E-state index contributed by atoms with van der Waals surface area (Å²) in [5.74, 6) is -0.722. The van der Waals surface area contributed by atoms with Gasteiger partial charge < -0.3 is 9.80 Å². The molecule has 0 aromatic heterocycles. The zero-order chi connectivity index (χ0) is 16.3. The molecule has 0 N–H and O–H groups in total. The normalized spacial score (nSPS) is 16.9. The molecule has 0 aromatic rings. The number of likely N-dealkylation sites (tertiary alicyclic amines) is 1. The number of nitrogens with zero attached hydrogens (tertiary/aromatic N) is 2. The van der Waals surface area contributed by atoms with Crippen molar-refractivity contribution in [3.63, 3.8) is 0 Å². The fourth-order valence-electron chi connectivity index (χ4n) is 2.56. The highest BCUT2D eigenvalue weighted by Crippen LogP contribution is 2.42. The quantitative estimate of drug-likeness (QED) is 0.719. The molecular formula is C13H20F6N2. The van der Waals surface area contributed by atoms with E-state index in [0.29, 0.717) is 12.8 Å². The third-order valence-corrected chi connectivity index (χ3v) is 3.51. The van der Waals surface area contributed by atoms with Crippen LogP contribution in [0.15, 0.2) is 11.4 Å². The molecule has 1 aliphatic heterocycles. The van der Waals surface area contributed by atoms with E-state index in [2.05, 4.69) is 0 Å². The third-order valence-electron chi connectivity index (χ3n) is 3.51. The monoisotopic (exact) mass is 318 g/mol. The number of hydrogen-bond acceptors (Lipinski definition) is 2. The van der Waals surface area contributed by atoms with E-state index < -0.39 is 23.7 Å². The Morgan fingerprint density at radius 3 is 1.62 bits per heavy atom. The Morgan fingerprint density at radius 1 is 0.857 bits per heavy atom. The van der Waals surface area contributed by atoms with E-state index >= 15 is 0 Å². The van der Waals surface area contributed by atoms with Crippen LogP contribution in [0.2, 0.25) is 0 Å². The number of allylic oxidation sites excluding steroid dienone is 1. The summed E-state index contributed by atoms with van der Waals surface area (Å²) >= 11 is 0. The number of halogens is 6. The van der Waals surface area contributed by atoms with E-state index in [0.717, 1.165) is 11.3 Å². The molecular weight excluding hydrogens is 298 g/mol. The molecule has 0 bridgehead atoms. The van der Waals surface area contributed by atoms with Gasteiger partial charge in [-0.1, -0.05) is 0 Å². The molecule has 1 rings (SSSR count). The minimum Gasteiger partial charge on any atom is -0.358 e. The molecule has 0 aromatic carbocycles. The fraction of sp³-hybridized carbons (Fsp3) is 0.846. The van der Waals surface area contributed by atoms with Gasteiger partial charge in [-0.2, -0.15) is 26.3 Å². The first-order chi connectivity index (χ1) is 9.62. The van der Waals surface area contributed by atoms with Gasteiger partial charge in [0.2, 0.25) is 0 Å². The highest BCUT2D eigenvalue weighted by Gasteiger charge is 2.55. The Balaban J connectivity index is 3.44. The molecule has 0 spiro atoms. The molecule has 1 heterocycles. The van der Waals surface area contributed by atoms with E-state index in [9.17, 15) is 26.3 Å². The lowest BCUT2D eigenvalue weighted by molar-refractivity contribution is -0.177. The van der Waals surface area contributed by atoms with E-state index in [1.807, 2.05) is 0 Å². The standard InChI is InChI=1S/C13H20F6N2/c1-3-20(4-2)11(21-8-6-5-7-9-21)10(12(14,15)16)13(17,18)19/h3-9H2,1-2H3. The maximum absolute atomic E-state index is 13.0. The zero-order valence-corrected chi connectivity index (χ0v) is 12.1. The van der Waals surface area contributed by atoms with Gasteiger partial charge in [-0.05, 0) is 33.1 Å². The van der Waals surface area contributed by atoms with Gasteiger partial charge >= 0.3 is 12.4 Å². The Bertz CT molecular complexity index is 346. The molecule has 2 nitrogen and oxygen atoms in total. The van der Waals surface area contributed by atoms with Crippen LogP contribution in [0.5, 0.6) is 0 Å². The Kier molecular flexibility index (Phi) is 5.81. The average Bonchev–Trinajstić information content (AvgIpc) is 2.36. The van der Waals surface area contributed by atoms with E-state index in [4.69, 9.17) is 0 Å². The minimum atomic E-state index is -5.42. The molecule has 0 radical (unpaired) electrons. The summed E-state index contributed by atoms with van der Waals surface area (Å²) in [4.78, 5) is 2.37. The molecule has 21 heavy (non-hydrogen) atoms. The zero-order valence-electron chi connectivity index (χ0n) is 12.1. The number of alkyl halides is 6. The predicted molar refractivity (Wildman–Crippen MR) is 67.5 cm³/mol. The summed E-state index contributed by atoms with van der Waals surface area (Å²) in [6.45, 7) is 3.74. The largest absolute Gasteiger partial charge is 0.424 e. The summed E-state index contributed by atoms with van der Waals surface area (Å²) in [7, 11) is 0. The van der Waals surface area contributed by atoms with E-state index in [-0.39, 0.29) is 26.2 Å². The number of rotatable bonds is 4. The van der Waals surface area contributed by atoms with Crippen LogP contribution >= 0.6 is 0 Å². The van der Waals surface area contributed by atoms with E-state index in [1.165, 1.54) is 4.90 Å². The van der Waals surface area contributed by atoms with Crippen LogP contribution in [0.1, 0.15) is 33.1 Å². The molecule has 8 heteroatoms. The second-order valence-corrected chi connectivity index (χ2v) is 4.91. The Hall–Kier alpha value is -1.08. The van der Waals surface area contributed by atoms with Crippen LogP contribution in [0.3, 0.4) is 0 Å². The Morgan fingerprint density at radius 2 is 1.29 bits per heavy atom. The second kappa shape index (κ2) is 6.79. The maximum Gasteiger partial charge on any atom is 0.424 e. The fourth-order valence-corrected chi connectivity index (χ4v) is 2.56. The van der Waals surface area contributed by atoms with Crippen molar-refractivity contribution < 1.29 is 26.3 Å². The van der Waals surface area contributed by atoms with Crippen molar-refractivity contribution in [2.45, 2.75) is 45.5 Å². The first-order valence-corrected chi connectivity index (χ1v) is 7.01. The van der Waals surface area contributed by atoms with Crippen LogP contribution in [0.4, 0.5) is 26.3 Å². The molecule has 0 saturated carbocycles. The van der Waals surface area contributed by atoms with Crippen molar-refractivity contribution in [1.29, 1.82) is 0 Å². The molecule has 0 amide bonds. The van der Waals surface area contributed by atoms with Crippen molar-refractivity contribution in [2.24, 2.45) is 0 Å². The van der Waals surface area contributed by atoms with Gasteiger partial charge in [0.05, 0.1) is 0 Å². The van der Waals surface area contributed by atoms with Crippen LogP contribution < -0.4 is 0 Å².